The number of benzene rings is 1. The van der Waals surface area contributed by atoms with Gasteiger partial charge in [-0.3, -0.25) is 0 Å². The van der Waals surface area contributed by atoms with Crippen LogP contribution in [0.1, 0.15) is 10.6 Å². The van der Waals surface area contributed by atoms with E-state index in [0.29, 0.717) is 10.5 Å². The summed E-state index contributed by atoms with van der Waals surface area (Å²) in [7, 11) is 0. The van der Waals surface area contributed by atoms with Crippen molar-refractivity contribution >= 4 is 28.5 Å². The molecular weight excluding hydrogens is 204 g/mol. The average Bonchev–Trinajstić information content (AvgIpc) is 2.16. The van der Waals surface area contributed by atoms with E-state index in [-0.39, 0.29) is 5.82 Å². The molecule has 0 bridgehead atoms. The molecule has 0 saturated heterocycles. The van der Waals surface area contributed by atoms with Gasteiger partial charge in [-0.25, -0.2) is 14.8 Å². The Hall–Kier alpha value is -1.68. The van der Waals surface area contributed by atoms with Gasteiger partial charge in [-0.2, -0.15) is 0 Å². The van der Waals surface area contributed by atoms with Gasteiger partial charge in [0.15, 0.2) is 0 Å². The van der Waals surface area contributed by atoms with E-state index in [1.54, 1.807) is 18.2 Å². The SMILES string of the molecule is O=C(O)c1ncc2cc(Cl)ccc2n1. The number of carboxylic acids is 1. The molecule has 2 rings (SSSR count). The summed E-state index contributed by atoms with van der Waals surface area (Å²) < 4.78 is 0. The van der Waals surface area contributed by atoms with Crippen LogP contribution in [0.25, 0.3) is 10.9 Å². The summed E-state index contributed by atoms with van der Waals surface area (Å²) in [5, 5.41) is 9.95. The van der Waals surface area contributed by atoms with Gasteiger partial charge in [-0.1, -0.05) is 11.6 Å². The van der Waals surface area contributed by atoms with Gasteiger partial charge in [0.2, 0.25) is 5.82 Å². The van der Waals surface area contributed by atoms with E-state index in [0.717, 1.165) is 5.39 Å². The van der Waals surface area contributed by atoms with Crippen LogP contribution in [0.2, 0.25) is 5.02 Å². The van der Waals surface area contributed by atoms with Crippen LogP contribution in [0.4, 0.5) is 0 Å². The van der Waals surface area contributed by atoms with Crippen LogP contribution >= 0.6 is 11.6 Å². The minimum absolute atomic E-state index is 0.208. The first-order chi connectivity index (χ1) is 6.66. The second kappa shape index (κ2) is 3.23. The summed E-state index contributed by atoms with van der Waals surface area (Å²) in [4.78, 5) is 18.1. The van der Waals surface area contributed by atoms with Gasteiger partial charge in [0.25, 0.3) is 0 Å². The summed E-state index contributed by atoms with van der Waals surface area (Å²) in [6.07, 6.45) is 1.44. The molecule has 0 radical (unpaired) electrons. The maximum Gasteiger partial charge on any atom is 0.373 e. The number of aromatic nitrogens is 2. The van der Waals surface area contributed by atoms with Crippen molar-refractivity contribution in [3.8, 4) is 0 Å². The minimum atomic E-state index is -1.14. The Bertz CT molecular complexity index is 513. The molecule has 1 heterocycles. The molecule has 1 aromatic heterocycles. The van der Waals surface area contributed by atoms with Crippen molar-refractivity contribution in [3.63, 3.8) is 0 Å². The molecule has 14 heavy (non-hydrogen) atoms. The number of hydrogen-bond acceptors (Lipinski definition) is 3. The summed E-state index contributed by atoms with van der Waals surface area (Å²) in [5.74, 6) is -1.35. The first-order valence-corrected chi connectivity index (χ1v) is 4.20. The number of carboxylic acid groups (broad SMARTS) is 1. The van der Waals surface area contributed by atoms with Crippen molar-refractivity contribution < 1.29 is 9.90 Å². The largest absolute Gasteiger partial charge is 0.475 e. The molecule has 5 heteroatoms. The summed E-state index contributed by atoms with van der Waals surface area (Å²) in [6.45, 7) is 0. The smallest absolute Gasteiger partial charge is 0.373 e. The van der Waals surface area contributed by atoms with E-state index in [2.05, 4.69) is 9.97 Å². The number of rotatable bonds is 1. The van der Waals surface area contributed by atoms with Gasteiger partial charge >= 0.3 is 5.97 Å². The standard InChI is InChI=1S/C9H5ClN2O2/c10-6-1-2-7-5(3-6)4-11-8(12-7)9(13)14/h1-4H,(H,13,14). The van der Waals surface area contributed by atoms with Crippen LogP contribution in [-0.2, 0) is 0 Å². The highest BCUT2D eigenvalue weighted by molar-refractivity contribution is 6.31. The van der Waals surface area contributed by atoms with Gasteiger partial charge in [0.05, 0.1) is 5.52 Å². The second-order valence-electron chi connectivity index (χ2n) is 2.70. The van der Waals surface area contributed by atoms with Crippen molar-refractivity contribution in [2.75, 3.05) is 0 Å². The third-order valence-corrected chi connectivity index (χ3v) is 1.97. The zero-order chi connectivity index (χ0) is 10.1. The fourth-order valence-corrected chi connectivity index (χ4v) is 1.29. The fraction of sp³-hybridized carbons (Fsp3) is 0. The number of hydrogen-bond donors (Lipinski definition) is 1. The molecule has 0 fully saturated rings. The Morgan fingerprint density at radius 3 is 2.93 bits per heavy atom. The first-order valence-electron chi connectivity index (χ1n) is 3.82. The maximum absolute atomic E-state index is 10.6. The van der Waals surface area contributed by atoms with Crippen LogP contribution in [0, 0.1) is 0 Å². The summed E-state index contributed by atoms with van der Waals surface area (Å²) in [5.41, 5.74) is 0.571. The normalized spacial score (nSPS) is 10.4. The van der Waals surface area contributed by atoms with E-state index in [9.17, 15) is 4.79 Å². The second-order valence-corrected chi connectivity index (χ2v) is 3.14. The Kier molecular flexibility index (Phi) is 2.05. The number of fused-ring (bicyclic) bond motifs is 1. The predicted octanol–water partition coefficient (Wildman–Crippen LogP) is 1.98. The molecule has 0 spiro atoms. The van der Waals surface area contributed by atoms with Crippen molar-refractivity contribution in [1.29, 1.82) is 0 Å². The lowest BCUT2D eigenvalue weighted by Crippen LogP contribution is -2.03. The molecule has 70 valence electrons. The van der Waals surface area contributed by atoms with E-state index < -0.39 is 5.97 Å². The highest BCUT2D eigenvalue weighted by Crippen LogP contribution is 2.16. The van der Waals surface area contributed by atoms with E-state index in [1.807, 2.05) is 0 Å². The van der Waals surface area contributed by atoms with Gasteiger partial charge in [-0.15, -0.1) is 0 Å². The molecule has 2 aromatic rings. The van der Waals surface area contributed by atoms with Crippen LogP contribution in [0.5, 0.6) is 0 Å². The molecule has 0 unspecified atom stereocenters. The van der Waals surface area contributed by atoms with Gasteiger partial charge in [0.1, 0.15) is 0 Å². The molecule has 0 amide bonds. The number of nitrogens with zero attached hydrogens (tertiary/aromatic N) is 2. The van der Waals surface area contributed by atoms with Crippen molar-refractivity contribution in [2.45, 2.75) is 0 Å². The third kappa shape index (κ3) is 1.52. The lowest BCUT2D eigenvalue weighted by atomic mass is 10.2. The molecular formula is C9H5ClN2O2. The highest BCUT2D eigenvalue weighted by Gasteiger charge is 2.06. The molecule has 0 saturated carbocycles. The number of carbonyl (C=O) groups is 1. The van der Waals surface area contributed by atoms with Gasteiger partial charge < -0.3 is 5.11 Å². The lowest BCUT2D eigenvalue weighted by Gasteiger charge is -1.98. The maximum atomic E-state index is 10.6. The first kappa shape index (κ1) is 8.90. The van der Waals surface area contributed by atoms with E-state index in [1.165, 1.54) is 6.20 Å². The third-order valence-electron chi connectivity index (χ3n) is 1.73. The molecule has 1 N–H and O–H groups in total. The van der Waals surface area contributed by atoms with Crippen LogP contribution in [0.3, 0.4) is 0 Å². The van der Waals surface area contributed by atoms with Crippen molar-refractivity contribution in [2.24, 2.45) is 0 Å². The molecule has 4 nitrogen and oxygen atoms in total. The van der Waals surface area contributed by atoms with Gasteiger partial charge in [-0.05, 0) is 18.2 Å². The highest BCUT2D eigenvalue weighted by atomic mass is 35.5. The van der Waals surface area contributed by atoms with E-state index in [4.69, 9.17) is 16.7 Å². The minimum Gasteiger partial charge on any atom is -0.475 e. The van der Waals surface area contributed by atoms with Crippen LogP contribution in [0.15, 0.2) is 24.4 Å². The monoisotopic (exact) mass is 208 g/mol. The predicted molar refractivity (Wildman–Crippen MR) is 51.5 cm³/mol. The lowest BCUT2D eigenvalue weighted by molar-refractivity contribution is 0.0684. The zero-order valence-electron chi connectivity index (χ0n) is 6.94. The quantitative estimate of drug-likeness (QED) is 0.779. The fourth-order valence-electron chi connectivity index (χ4n) is 1.11. The summed E-state index contributed by atoms with van der Waals surface area (Å²) in [6, 6.07) is 5.00. The molecule has 0 aliphatic rings. The Labute approximate surface area is 84.2 Å². The van der Waals surface area contributed by atoms with Crippen LogP contribution < -0.4 is 0 Å². The molecule has 0 atom stereocenters. The number of halogens is 1. The molecule has 0 aliphatic carbocycles. The molecule has 1 aromatic carbocycles. The Balaban J connectivity index is 2.67. The van der Waals surface area contributed by atoms with Crippen molar-refractivity contribution in [1.82, 2.24) is 9.97 Å². The van der Waals surface area contributed by atoms with Gasteiger partial charge in [0, 0.05) is 16.6 Å². The van der Waals surface area contributed by atoms with E-state index >= 15 is 0 Å². The summed E-state index contributed by atoms with van der Waals surface area (Å²) >= 11 is 5.75. The Morgan fingerprint density at radius 2 is 2.21 bits per heavy atom. The zero-order valence-corrected chi connectivity index (χ0v) is 7.69. The molecule has 0 aliphatic heterocycles. The van der Waals surface area contributed by atoms with Crippen LogP contribution in [-0.4, -0.2) is 21.0 Å². The van der Waals surface area contributed by atoms with Crippen molar-refractivity contribution in [3.05, 3.63) is 35.2 Å². The Morgan fingerprint density at radius 1 is 1.43 bits per heavy atom. The topological polar surface area (TPSA) is 63.1 Å². The number of aromatic carboxylic acids is 1. The average molecular weight is 209 g/mol.